The van der Waals surface area contributed by atoms with Gasteiger partial charge in [-0.05, 0) is 0 Å². The fourth-order valence-electron chi connectivity index (χ4n) is 1.45. The van der Waals surface area contributed by atoms with Gasteiger partial charge in [0.05, 0.1) is 13.7 Å². The van der Waals surface area contributed by atoms with Crippen LogP contribution in [0.5, 0.6) is 0 Å². The van der Waals surface area contributed by atoms with Crippen LogP contribution in [0.3, 0.4) is 0 Å². The van der Waals surface area contributed by atoms with Gasteiger partial charge < -0.3 is 14.2 Å². The summed E-state index contributed by atoms with van der Waals surface area (Å²) in [5.41, 5.74) is 0. The van der Waals surface area contributed by atoms with Crippen molar-refractivity contribution in [2.75, 3.05) is 13.7 Å². The summed E-state index contributed by atoms with van der Waals surface area (Å²) in [6.07, 6.45) is 4.85. The number of ether oxygens (including phenoxy) is 1. The number of fused-ring (bicyclic) bond motifs is 1. The van der Waals surface area contributed by atoms with Crippen molar-refractivity contribution in [3.8, 4) is 0 Å². The Kier molecular flexibility index (Phi) is 2.66. The molecule has 1 aromatic heterocycles. The van der Waals surface area contributed by atoms with Crippen molar-refractivity contribution in [2.24, 2.45) is 0 Å². The fraction of sp³-hybridized carbons (Fsp3) is 0.444. The van der Waals surface area contributed by atoms with Gasteiger partial charge in [0.25, 0.3) is 0 Å². The largest absolute Gasteiger partial charge is 0.466 e. The van der Waals surface area contributed by atoms with E-state index >= 15 is 0 Å². The van der Waals surface area contributed by atoms with Crippen LogP contribution in [-0.2, 0) is 22.6 Å². The van der Waals surface area contributed by atoms with Gasteiger partial charge >= 0.3 is 5.97 Å². The Balaban J connectivity index is 1.98. The van der Waals surface area contributed by atoms with Crippen molar-refractivity contribution >= 4 is 5.97 Å². The summed E-state index contributed by atoms with van der Waals surface area (Å²) in [6, 6.07) is 0. The van der Waals surface area contributed by atoms with E-state index in [9.17, 15) is 4.79 Å². The Morgan fingerprint density at radius 3 is 3.27 bits per heavy atom. The Bertz CT molecular complexity index is 385. The topological polar surface area (TPSA) is 60.2 Å². The van der Waals surface area contributed by atoms with Crippen molar-refractivity contribution < 1.29 is 9.53 Å². The minimum atomic E-state index is -0.345. The van der Waals surface area contributed by atoms with Gasteiger partial charge in [-0.2, -0.15) is 0 Å². The molecule has 15 heavy (non-hydrogen) atoms. The number of aromatic nitrogens is 3. The van der Waals surface area contributed by atoms with Gasteiger partial charge in [-0.15, -0.1) is 10.2 Å². The fourth-order valence-corrected chi connectivity index (χ4v) is 1.45. The number of hydrogen-bond donors (Lipinski definition) is 0. The molecule has 1 aromatic rings. The number of carbonyl (C=O) groups is 1. The number of esters is 1. The molecule has 2 heterocycles. The lowest BCUT2D eigenvalue weighted by Gasteiger charge is -2.25. The highest BCUT2D eigenvalue weighted by Crippen LogP contribution is 2.08. The van der Waals surface area contributed by atoms with Gasteiger partial charge in [0.2, 0.25) is 0 Å². The van der Waals surface area contributed by atoms with Crippen LogP contribution in [0.25, 0.3) is 0 Å². The molecule has 0 saturated heterocycles. The van der Waals surface area contributed by atoms with E-state index in [0.717, 1.165) is 18.9 Å². The normalized spacial score (nSPS) is 15.4. The van der Waals surface area contributed by atoms with Crippen LogP contribution in [0.1, 0.15) is 5.82 Å². The number of hydrogen-bond acceptors (Lipinski definition) is 5. The zero-order chi connectivity index (χ0) is 10.7. The van der Waals surface area contributed by atoms with Crippen LogP contribution in [0.15, 0.2) is 18.6 Å². The minimum Gasteiger partial charge on any atom is -0.466 e. The molecule has 0 N–H and O–H groups in total. The predicted molar refractivity (Wildman–Crippen MR) is 51.6 cm³/mol. The summed E-state index contributed by atoms with van der Waals surface area (Å²) in [4.78, 5) is 12.9. The Morgan fingerprint density at radius 2 is 2.47 bits per heavy atom. The van der Waals surface area contributed by atoms with E-state index in [1.54, 1.807) is 12.5 Å². The zero-order valence-corrected chi connectivity index (χ0v) is 8.46. The first-order valence-electron chi connectivity index (χ1n) is 4.66. The smallest absolute Gasteiger partial charge is 0.331 e. The van der Waals surface area contributed by atoms with E-state index in [0.29, 0.717) is 6.54 Å². The Morgan fingerprint density at radius 1 is 1.60 bits per heavy atom. The lowest BCUT2D eigenvalue weighted by molar-refractivity contribution is -0.134. The standard InChI is InChI=1S/C9H12N4O2/c1-15-9(14)2-3-12-4-5-13-7-10-11-8(13)6-12/h2-3,7H,4-6H2,1H3. The molecule has 0 radical (unpaired) electrons. The van der Waals surface area contributed by atoms with E-state index < -0.39 is 0 Å². The van der Waals surface area contributed by atoms with Crippen LogP contribution >= 0.6 is 0 Å². The molecule has 0 amide bonds. The summed E-state index contributed by atoms with van der Waals surface area (Å²) in [5, 5.41) is 7.80. The molecular formula is C9H12N4O2. The summed E-state index contributed by atoms with van der Waals surface area (Å²) in [6.45, 7) is 2.36. The highest BCUT2D eigenvalue weighted by molar-refractivity contribution is 5.81. The summed E-state index contributed by atoms with van der Waals surface area (Å²) < 4.78 is 6.51. The van der Waals surface area contributed by atoms with Crippen molar-refractivity contribution in [3.63, 3.8) is 0 Å². The van der Waals surface area contributed by atoms with Gasteiger partial charge in [-0.25, -0.2) is 4.79 Å². The van der Waals surface area contributed by atoms with Crippen LogP contribution in [0.2, 0.25) is 0 Å². The second-order valence-electron chi connectivity index (χ2n) is 3.25. The molecule has 0 atom stereocenters. The van der Waals surface area contributed by atoms with E-state index in [4.69, 9.17) is 0 Å². The average Bonchev–Trinajstić information content (AvgIpc) is 2.72. The van der Waals surface area contributed by atoms with Crippen LogP contribution < -0.4 is 0 Å². The highest BCUT2D eigenvalue weighted by atomic mass is 16.5. The molecule has 1 aliphatic heterocycles. The third kappa shape index (κ3) is 2.15. The predicted octanol–water partition coefficient (Wildman–Crippen LogP) is -0.220. The molecule has 6 heteroatoms. The van der Waals surface area contributed by atoms with Gasteiger partial charge in [0, 0.05) is 25.4 Å². The van der Waals surface area contributed by atoms with Crippen LogP contribution in [0.4, 0.5) is 0 Å². The number of nitrogens with zero attached hydrogens (tertiary/aromatic N) is 4. The van der Waals surface area contributed by atoms with Crippen molar-refractivity contribution in [1.29, 1.82) is 0 Å². The monoisotopic (exact) mass is 208 g/mol. The van der Waals surface area contributed by atoms with E-state index in [2.05, 4.69) is 14.9 Å². The van der Waals surface area contributed by atoms with E-state index in [1.807, 2.05) is 9.47 Å². The van der Waals surface area contributed by atoms with Gasteiger partial charge in [-0.3, -0.25) is 0 Å². The maximum Gasteiger partial charge on any atom is 0.331 e. The molecule has 0 saturated carbocycles. The lowest BCUT2D eigenvalue weighted by atomic mass is 10.3. The first-order chi connectivity index (χ1) is 7.29. The Labute approximate surface area is 87.2 Å². The van der Waals surface area contributed by atoms with E-state index in [1.165, 1.54) is 13.2 Å². The second kappa shape index (κ2) is 4.12. The summed E-state index contributed by atoms with van der Waals surface area (Å²) in [5.74, 6) is 0.567. The molecule has 0 unspecified atom stereocenters. The maximum absolute atomic E-state index is 10.9. The van der Waals surface area contributed by atoms with Gasteiger partial charge in [0.1, 0.15) is 6.33 Å². The molecule has 0 bridgehead atoms. The minimum absolute atomic E-state index is 0.345. The Hall–Kier alpha value is -1.85. The van der Waals surface area contributed by atoms with Crippen molar-refractivity contribution in [1.82, 2.24) is 19.7 Å². The molecular weight excluding hydrogens is 196 g/mol. The van der Waals surface area contributed by atoms with Gasteiger partial charge in [0.15, 0.2) is 5.82 Å². The van der Waals surface area contributed by atoms with Gasteiger partial charge in [-0.1, -0.05) is 0 Å². The van der Waals surface area contributed by atoms with E-state index in [-0.39, 0.29) is 5.97 Å². The summed E-state index contributed by atoms with van der Waals surface area (Å²) >= 11 is 0. The van der Waals surface area contributed by atoms with Crippen molar-refractivity contribution in [3.05, 3.63) is 24.4 Å². The molecule has 80 valence electrons. The quantitative estimate of drug-likeness (QED) is 0.496. The molecule has 6 nitrogen and oxygen atoms in total. The number of rotatable bonds is 2. The highest BCUT2D eigenvalue weighted by Gasteiger charge is 2.14. The average molecular weight is 208 g/mol. The third-order valence-electron chi connectivity index (χ3n) is 2.29. The first-order valence-corrected chi connectivity index (χ1v) is 4.66. The molecule has 0 aliphatic carbocycles. The van der Waals surface area contributed by atoms with Crippen molar-refractivity contribution in [2.45, 2.75) is 13.1 Å². The maximum atomic E-state index is 10.9. The zero-order valence-electron chi connectivity index (χ0n) is 8.46. The molecule has 0 aromatic carbocycles. The number of methoxy groups -OCH3 is 1. The SMILES string of the molecule is COC(=O)C=CN1CCn2cnnc2C1. The second-order valence-corrected chi connectivity index (χ2v) is 3.25. The summed E-state index contributed by atoms with van der Waals surface area (Å²) in [7, 11) is 1.36. The molecule has 1 aliphatic rings. The third-order valence-corrected chi connectivity index (χ3v) is 2.29. The van der Waals surface area contributed by atoms with Crippen LogP contribution in [0, 0.1) is 0 Å². The molecule has 2 rings (SSSR count). The number of carbonyl (C=O) groups excluding carboxylic acids is 1. The first kappa shape index (κ1) is 9.70. The molecule has 0 fully saturated rings. The lowest BCUT2D eigenvalue weighted by Crippen LogP contribution is -2.29. The van der Waals surface area contributed by atoms with Crippen LogP contribution in [-0.4, -0.2) is 39.3 Å². The molecule has 0 spiro atoms.